The number of hydrogen-bond acceptors (Lipinski definition) is 2. The third-order valence-corrected chi connectivity index (χ3v) is 5.48. The summed E-state index contributed by atoms with van der Waals surface area (Å²) >= 11 is 0. The minimum atomic E-state index is -0.411. The molecule has 0 bridgehead atoms. The molecule has 5 heteroatoms. The number of aromatic nitrogens is 1. The van der Waals surface area contributed by atoms with E-state index in [4.69, 9.17) is 0 Å². The molecule has 1 heterocycles. The fourth-order valence-electron chi connectivity index (χ4n) is 3.78. The number of para-hydroxylation sites is 1. The van der Waals surface area contributed by atoms with Gasteiger partial charge in [0.2, 0.25) is 0 Å². The molecule has 1 aromatic heterocycles. The van der Waals surface area contributed by atoms with E-state index in [1.54, 1.807) is 18.2 Å². The molecule has 0 radical (unpaired) electrons. The minimum absolute atomic E-state index is 0.0497. The molecule has 158 valence electrons. The van der Waals surface area contributed by atoms with Crippen molar-refractivity contribution in [3.8, 4) is 6.07 Å². The van der Waals surface area contributed by atoms with Gasteiger partial charge in [-0.2, -0.15) is 5.26 Å². The van der Waals surface area contributed by atoms with Gasteiger partial charge in [0, 0.05) is 35.2 Å². The lowest BCUT2D eigenvalue weighted by atomic mass is 10.1. The molecule has 4 aromatic rings. The van der Waals surface area contributed by atoms with Crippen molar-refractivity contribution in [2.75, 3.05) is 0 Å². The first kappa shape index (κ1) is 21.1. The molecule has 0 unspecified atom stereocenters. The van der Waals surface area contributed by atoms with Crippen molar-refractivity contribution in [3.63, 3.8) is 0 Å². The lowest BCUT2D eigenvalue weighted by molar-refractivity contribution is -0.117. The summed E-state index contributed by atoms with van der Waals surface area (Å²) < 4.78 is 15.4. The summed E-state index contributed by atoms with van der Waals surface area (Å²) in [7, 11) is 0. The first-order valence-corrected chi connectivity index (χ1v) is 10.3. The van der Waals surface area contributed by atoms with E-state index in [-0.39, 0.29) is 11.4 Å². The molecule has 0 atom stereocenters. The zero-order valence-corrected chi connectivity index (χ0v) is 17.7. The van der Waals surface area contributed by atoms with Crippen LogP contribution in [0.2, 0.25) is 0 Å². The molecule has 0 spiro atoms. The molecule has 4 nitrogen and oxygen atoms in total. The lowest BCUT2D eigenvalue weighted by Gasteiger charge is -2.09. The third-order valence-electron chi connectivity index (χ3n) is 5.48. The number of fused-ring (bicyclic) bond motifs is 1. The van der Waals surface area contributed by atoms with Crippen LogP contribution in [0.3, 0.4) is 0 Å². The largest absolute Gasteiger partial charge is 0.347 e. The van der Waals surface area contributed by atoms with Gasteiger partial charge in [-0.3, -0.25) is 4.79 Å². The summed E-state index contributed by atoms with van der Waals surface area (Å²) in [5, 5.41) is 13.4. The first-order chi connectivity index (χ1) is 15.6. The van der Waals surface area contributed by atoms with Gasteiger partial charge in [-0.15, -0.1) is 0 Å². The van der Waals surface area contributed by atoms with Gasteiger partial charge in [-0.05, 0) is 42.3 Å². The molecule has 0 aliphatic carbocycles. The number of amides is 1. The van der Waals surface area contributed by atoms with Crippen LogP contribution >= 0.6 is 0 Å². The molecule has 3 aromatic carbocycles. The Bertz CT molecular complexity index is 1330. The molecule has 32 heavy (non-hydrogen) atoms. The Balaban J connectivity index is 1.67. The predicted octanol–water partition coefficient (Wildman–Crippen LogP) is 5.36. The average molecular weight is 423 g/mol. The Morgan fingerprint density at radius 2 is 1.69 bits per heavy atom. The van der Waals surface area contributed by atoms with Gasteiger partial charge in [-0.25, -0.2) is 4.39 Å². The van der Waals surface area contributed by atoms with Crippen LogP contribution in [-0.4, -0.2) is 10.5 Å². The van der Waals surface area contributed by atoms with Crippen LogP contribution in [0.15, 0.2) is 84.4 Å². The summed E-state index contributed by atoms with van der Waals surface area (Å²) in [4.78, 5) is 12.7. The number of hydrogen-bond donors (Lipinski definition) is 1. The van der Waals surface area contributed by atoms with Crippen LogP contribution in [0.4, 0.5) is 4.39 Å². The average Bonchev–Trinajstić information content (AvgIpc) is 3.08. The van der Waals surface area contributed by atoms with E-state index in [1.807, 2.05) is 67.6 Å². The summed E-state index contributed by atoms with van der Waals surface area (Å²) in [5.74, 6) is -0.683. The topological polar surface area (TPSA) is 57.8 Å². The van der Waals surface area contributed by atoms with Crippen molar-refractivity contribution >= 4 is 22.9 Å². The Hall–Kier alpha value is -4.17. The minimum Gasteiger partial charge on any atom is -0.347 e. The molecule has 0 fully saturated rings. The highest BCUT2D eigenvalue weighted by Gasteiger charge is 2.16. The maximum atomic E-state index is 13.3. The molecule has 0 aliphatic rings. The number of rotatable bonds is 6. The molecule has 1 amide bonds. The number of nitrogens with zero attached hydrogens (tertiary/aromatic N) is 2. The second kappa shape index (κ2) is 9.32. The summed E-state index contributed by atoms with van der Waals surface area (Å²) in [6.45, 7) is 2.87. The van der Waals surface area contributed by atoms with Crippen molar-refractivity contribution < 1.29 is 9.18 Å². The lowest BCUT2D eigenvalue weighted by Crippen LogP contribution is -2.23. The van der Waals surface area contributed by atoms with Crippen molar-refractivity contribution in [2.45, 2.75) is 20.0 Å². The summed E-state index contributed by atoms with van der Waals surface area (Å²) in [5.41, 5.74) is 4.72. The molecular weight excluding hydrogens is 401 g/mol. The Kier molecular flexibility index (Phi) is 6.14. The van der Waals surface area contributed by atoms with Gasteiger partial charge >= 0.3 is 0 Å². The van der Waals surface area contributed by atoms with Crippen molar-refractivity contribution in [1.82, 2.24) is 9.88 Å². The maximum Gasteiger partial charge on any atom is 0.262 e. The maximum absolute atomic E-state index is 13.3. The Morgan fingerprint density at radius 3 is 2.41 bits per heavy atom. The molecule has 0 saturated heterocycles. The van der Waals surface area contributed by atoms with Gasteiger partial charge in [-0.1, -0.05) is 60.7 Å². The summed E-state index contributed by atoms with van der Waals surface area (Å²) in [6.07, 6.45) is 1.65. The molecule has 0 aliphatic heterocycles. The number of carbonyl (C=O) groups is 1. The van der Waals surface area contributed by atoms with Gasteiger partial charge < -0.3 is 9.88 Å². The van der Waals surface area contributed by atoms with Crippen LogP contribution in [0.25, 0.3) is 17.0 Å². The highest BCUT2D eigenvalue weighted by Crippen LogP contribution is 2.29. The fraction of sp³-hybridized carbons (Fsp3) is 0.111. The second-order valence-electron chi connectivity index (χ2n) is 7.57. The number of halogens is 1. The number of nitriles is 1. The van der Waals surface area contributed by atoms with E-state index in [1.165, 1.54) is 12.1 Å². The van der Waals surface area contributed by atoms with E-state index in [9.17, 15) is 14.4 Å². The smallest absolute Gasteiger partial charge is 0.262 e. The number of nitrogens with one attached hydrogen (secondary N) is 1. The zero-order valence-electron chi connectivity index (χ0n) is 17.7. The summed E-state index contributed by atoms with van der Waals surface area (Å²) in [6, 6.07) is 25.9. The van der Waals surface area contributed by atoms with Crippen molar-refractivity contribution in [2.24, 2.45) is 0 Å². The SMILES string of the molecule is Cc1c(/C=C(\C#N)C(=O)NCc2ccccc2)c2ccccc2n1Cc1ccc(F)cc1. The van der Waals surface area contributed by atoms with Gasteiger partial charge in [0.25, 0.3) is 5.91 Å². The second-order valence-corrected chi connectivity index (χ2v) is 7.57. The molecular formula is C27H22FN3O. The van der Waals surface area contributed by atoms with Gasteiger partial charge in [0.1, 0.15) is 17.5 Å². The first-order valence-electron chi connectivity index (χ1n) is 10.3. The molecule has 1 N–H and O–H groups in total. The van der Waals surface area contributed by atoms with Crippen molar-refractivity contribution in [1.29, 1.82) is 5.26 Å². The number of benzene rings is 3. The van der Waals surface area contributed by atoms with Crippen molar-refractivity contribution in [3.05, 3.63) is 113 Å². The van der Waals surface area contributed by atoms with E-state index < -0.39 is 5.91 Å². The van der Waals surface area contributed by atoms with Crippen LogP contribution in [0.1, 0.15) is 22.4 Å². The normalized spacial score (nSPS) is 11.3. The Labute approximate surface area is 186 Å². The van der Waals surface area contributed by atoms with Crippen LogP contribution in [0.5, 0.6) is 0 Å². The highest BCUT2D eigenvalue weighted by atomic mass is 19.1. The monoisotopic (exact) mass is 423 g/mol. The zero-order chi connectivity index (χ0) is 22.5. The van der Waals surface area contributed by atoms with E-state index >= 15 is 0 Å². The van der Waals surface area contributed by atoms with Gasteiger partial charge in [0.15, 0.2) is 0 Å². The van der Waals surface area contributed by atoms with Crippen LogP contribution in [-0.2, 0) is 17.9 Å². The standard InChI is InChI=1S/C27H22FN3O/c1-19-25(15-22(16-29)27(32)30-17-20-7-3-2-4-8-20)24-9-5-6-10-26(24)31(19)18-21-11-13-23(28)14-12-21/h2-15H,17-18H2,1H3,(H,30,32)/b22-15+. The fourth-order valence-corrected chi connectivity index (χ4v) is 3.78. The number of carbonyl (C=O) groups excluding carboxylic acids is 1. The molecule has 4 rings (SSSR count). The predicted molar refractivity (Wildman–Crippen MR) is 124 cm³/mol. The highest BCUT2D eigenvalue weighted by molar-refractivity contribution is 6.04. The van der Waals surface area contributed by atoms with E-state index in [0.717, 1.165) is 33.3 Å². The van der Waals surface area contributed by atoms with E-state index in [0.29, 0.717) is 13.1 Å². The Morgan fingerprint density at radius 1 is 1.00 bits per heavy atom. The quantitative estimate of drug-likeness (QED) is 0.335. The third kappa shape index (κ3) is 4.45. The van der Waals surface area contributed by atoms with E-state index in [2.05, 4.69) is 9.88 Å². The van der Waals surface area contributed by atoms with Crippen LogP contribution in [0, 0.1) is 24.1 Å². The molecule has 0 saturated carbocycles. The van der Waals surface area contributed by atoms with Crippen LogP contribution < -0.4 is 5.32 Å². The van der Waals surface area contributed by atoms with Gasteiger partial charge in [0.05, 0.1) is 0 Å².